The number of rotatable bonds is 7. The van der Waals surface area contributed by atoms with E-state index in [0.717, 1.165) is 6.42 Å². The Morgan fingerprint density at radius 2 is 2.11 bits per heavy atom. The maximum Gasteiger partial charge on any atom is 0.223 e. The van der Waals surface area contributed by atoms with Gasteiger partial charge in [-0.2, -0.15) is 0 Å². The molecule has 0 heterocycles. The van der Waals surface area contributed by atoms with E-state index in [4.69, 9.17) is 5.11 Å². The summed E-state index contributed by atoms with van der Waals surface area (Å²) in [6.45, 7) is 3.61. The topological polar surface area (TPSA) is 61.4 Å². The van der Waals surface area contributed by atoms with Crippen molar-refractivity contribution in [1.29, 1.82) is 0 Å². The molecule has 1 aromatic carbocycles. The fourth-order valence-electron chi connectivity index (χ4n) is 2.27. The lowest BCUT2D eigenvalue weighted by molar-refractivity contribution is -0.122. The monoisotopic (exact) mass is 262 g/mol. The minimum Gasteiger partial charge on any atom is -0.392 e. The summed E-state index contributed by atoms with van der Waals surface area (Å²) in [7, 11) is 0. The van der Waals surface area contributed by atoms with Gasteiger partial charge < -0.3 is 15.7 Å². The minimum absolute atomic E-state index is 0.138. The molecule has 0 saturated heterocycles. The highest BCUT2D eigenvalue weighted by Crippen LogP contribution is 2.47. The summed E-state index contributed by atoms with van der Waals surface area (Å²) in [6, 6.07) is 10.2. The zero-order chi connectivity index (χ0) is 13.7. The van der Waals surface area contributed by atoms with Crippen molar-refractivity contribution in [3.8, 4) is 0 Å². The highest BCUT2D eigenvalue weighted by Gasteiger charge is 2.43. The normalized spacial score (nSPS) is 22.8. The molecule has 1 aromatic rings. The van der Waals surface area contributed by atoms with Gasteiger partial charge in [-0.05, 0) is 24.8 Å². The summed E-state index contributed by atoms with van der Waals surface area (Å²) < 4.78 is 0. The predicted octanol–water partition coefficient (Wildman–Crippen LogP) is 0.877. The van der Waals surface area contributed by atoms with Crippen LogP contribution in [0.15, 0.2) is 30.3 Å². The van der Waals surface area contributed by atoms with Crippen molar-refractivity contribution in [3.63, 3.8) is 0 Å². The summed E-state index contributed by atoms with van der Waals surface area (Å²) >= 11 is 0. The van der Waals surface area contributed by atoms with E-state index < -0.39 is 0 Å². The van der Waals surface area contributed by atoms with Gasteiger partial charge in [0.15, 0.2) is 0 Å². The van der Waals surface area contributed by atoms with Gasteiger partial charge in [-0.3, -0.25) is 4.79 Å². The van der Waals surface area contributed by atoms with Crippen LogP contribution in [-0.2, 0) is 4.79 Å². The number of hydrogen-bond acceptors (Lipinski definition) is 3. The molecule has 0 radical (unpaired) electrons. The van der Waals surface area contributed by atoms with Crippen molar-refractivity contribution in [2.24, 2.45) is 5.92 Å². The molecule has 1 saturated carbocycles. The summed E-state index contributed by atoms with van der Waals surface area (Å²) in [6.07, 6.45) is 0.610. The number of carbonyl (C=O) groups excluding carboxylic acids is 1. The molecule has 3 atom stereocenters. The Balaban J connectivity index is 1.64. The minimum atomic E-state index is -0.346. The second-order valence-electron chi connectivity index (χ2n) is 5.20. The lowest BCUT2D eigenvalue weighted by Crippen LogP contribution is -2.35. The second kappa shape index (κ2) is 6.68. The molecule has 0 bridgehead atoms. The average molecular weight is 262 g/mol. The summed E-state index contributed by atoms with van der Waals surface area (Å²) in [5, 5.41) is 15.1. The first-order chi connectivity index (χ1) is 9.18. The average Bonchev–Trinajstić information content (AvgIpc) is 3.19. The molecule has 1 aliphatic rings. The molecule has 1 aliphatic carbocycles. The molecule has 3 N–H and O–H groups in total. The smallest absolute Gasteiger partial charge is 0.223 e. The van der Waals surface area contributed by atoms with Crippen LogP contribution in [0.2, 0.25) is 0 Å². The number of hydrogen-bond donors (Lipinski definition) is 3. The van der Waals surface area contributed by atoms with Crippen LogP contribution in [0.5, 0.6) is 0 Å². The third-order valence-electron chi connectivity index (χ3n) is 3.40. The molecule has 2 rings (SSSR count). The summed E-state index contributed by atoms with van der Waals surface area (Å²) in [5.74, 6) is 0.679. The van der Waals surface area contributed by atoms with E-state index in [-0.39, 0.29) is 17.9 Å². The van der Waals surface area contributed by atoms with Crippen LogP contribution < -0.4 is 10.6 Å². The molecule has 1 amide bonds. The van der Waals surface area contributed by atoms with Gasteiger partial charge in [0.25, 0.3) is 0 Å². The van der Waals surface area contributed by atoms with E-state index in [0.29, 0.717) is 25.6 Å². The van der Waals surface area contributed by atoms with E-state index in [2.05, 4.69) is 22.8 Å². The number of aliphatic hydroxyl groups excluding tert-OH is 1. The third kappa shape index (κ3) is 4.33. The van der Waals surface area contributed by atoms with Crippen LogP contribution in [0.3, 0.4) is 0 Å². The molecular weight excluding hydrogens is 240 g/mol. The lowest BCUT2D eigenvalue weighted by Gasteiger charge is -2.08. The van der Waals surface area contributed by atoms with Crippen molar-refractivity contribution in [1.82, 2.24) is 10.6 Å². The zero-order valence-electron chi connectivity index (χ0n) is 11.3. The van der Waals surface area contributed by atoms with E-state index in [9.17, 15) is 4.79 Å². The van der Waals surface area contributed by atoms with Crippen LogP contribution >= 0.6 is 0 Å². The second-order valence-corrected chi connectivity index (χ2v) is 5.20. The molecule has 3 unspecified atom stereocenters. The van der Waals surface area contributed by atoms with E-state index in [1.54, 1.807) is 6.92 Å². The molecule has 1 fully saturated rings. The quantitative estimate of drug-likeness (QED) is 0.639. The number of amides is 1. The first-order valence-electron chi connectivity index (χ1n) is 6.90. The van der Waals surface area contributed by atoms with Crippen molar-refractivity contribution < 1.29 is 9.90 Å². The predicted molar refractivity (Wildman–Crippen MR) is 74.9 cm³/mol. The lowest BCUT2D eigenvalue weighted by atomic mass is 10.1. The van der Waals surface area contributed by atoms with Gasteiger partial charge in [-0.25, -0.2) is 0 Å². The first kappa shape index (κ1) is 14.0. The third-order valence-corrected chi connectivity index (χ3v) is 3.40. The van der Waals surface area contributed by atoms with Gasteiger partial charge in [0.1, 0.15) is 0 Å². The fourth-order valence-corrected chi connectivity index (χ4v) is 2.27. The number of carbonyl (C=O) groups is 1. The summed E-state index contributed by atoms with van der Waals surface area (Å²) in [4.78, 5) is 11.9. The molecule has 0 spiro atoms. The van der Waals surface area contributed by atoms with Gasteiger partial charge in [0, 0.05) is 25.6 Å². The van der Waals surface area contributed by atoms with Gasteiger partial charge in [0.05, 0.1) is 6.10 Å². The van der Waals surface area contributed by atoms with Crippen LogP contribution in [-0.4, -0.2) is 36.8 Å². The summed E-state index contributed by atoms with van der Waals surface area (Å²) in [5.41, 5.74) is 1.26. The van der Waals surface area contributed by atoms with Crippen molar-refractivity contribution >= 4 is 5.91 Å². The van der Waals surface area contributed by atoms with Gasteiger partial charge in [-0.15, -0.1) is 0 Å². The fraction of sp³-hybridized carbons (Fsp3) is 0.533. The molecule has 4 heteroatoms. The number of aliphatic hydroxyl groups is 1. The van der Waals surface area contributed by atoms with Crippen LogP contribution in [0.25, 0.3) is 0 Å². The Morgan fingerprint density at radius 1 is 1.37 bits per heavy atom. The maximum absolute atomic E-state index is 11.9. The van der Waals surface area contributed by atoms with E-state index >= 15 is 0 Å². The van der Waals surface area contributed by atoms with Crippen molar-refractivity contribution in [2.45, 2.75) is 25.4 Å². The first-order valence-corrected chi connectivity index (χ1v) is 6.90. The molecular formula is C15H22N2O2. The van der Waals surface area contributed by atoms with Gasteiger partial charge in [-0.1, -0.05) is 30.3 Å². The van der Waals surface area contributed by atoms with E-state index in [1.165, 1.54) is 5.56 Å². The highest BCUT2D eigenvalue weighted by molar-refractivity contribution is 5.82. The molecule has 0 aliphatic heterocycles. The number of nitrogens with one attached hydrogen (secondary N) is 2. The Labute approximate surface area is 114 Å². The largest absolute Gasteiger partial charge is 0.392 e. The Bertz CT molecular complexity index is 406. The van der Waals surface area contributed by atoms with Gasteiger partial charge in [0.2, 0.25) is 5.91 Å². The van der Waals surface area contributed by atoms with Gasteiger partial charge >= 0.3 is 0 Å². The van der Waals surface area contributed by atoms with Crippen LogP contribution in [0.1, 0.15) is 24.8 Å². The highest BCUT2D eigenvalue weighted by atomic mass is 16.3. The SMILES string of the molecule is CC(O)CNCCNC(=O)C1CC1c1ccccc1. The van der Waals surface area contributed by atoms with Crippen LogP contribution in [0.4, 0.5) is 0 Å². The maximum atomic E-state index is 11.9. The Hall–Kier alpha value is -1.39. The van der Waals surface area contributed by atoms with Crippen molar-refractivity contribution in [2.75, 3.05) is 19.6 Å². The number of benzene rings is 1. The molecule has 0 aromatic heterocycles. The molecule has 104 valence electrons. The zero-order valence-corrected chi connectivity index (χ0v) is 11.3. The Morgan fingerprint density at radius 3 is 2.79 bits per heavy atom. The Kier molecular flexibility index (Phi) is 4.93. The van der Waals surface area contributed by atoms with E-state index in [1.807, 2.05) is 18.2 Å². The standard InChI is InChI=1S/C15H22N2O2/c1-11(18)10-16-7-8-17-15(19)14-9-13(14)12-5-3-2-4-6-12/h2-6,11,13-14,16,18H,7-10H2,1H3,(H,17,19). The van der Waals surface area contributed by atoms with Crippen LogP contribution in [0, 0.1) is 5.92 Å². The molecule has 4 nitrogen and oxygen atoms in total. The van der Waals surface area contributed by atoms with Crippen molar-refractivity contribution in [3.05, 3.63) is 35.9 Å². The molecule has 19 heavy (non-hydrogen) atoms.